The first-order valence-corrected chi connectivity index (χ1v) is 14.0. The van der Waals surface area contributed by atoms with Gasteiger partial charge in [0.1, 0.15) is 11.6 Å². The molecule has 3 unspecified atom stereocenters. The molecule has 0 saturated carbocycles. The second kappa shape index (κ2) is 12.9. The summed E-state index contributed by atoms with van der Waals surface area (Å²) in [4.78, 5) is 43.2. The number of piperidine rings is 1. The molecule has 2 aromatic carbocycles. The van der Waals surface area contributed by atoms with Crippen molar-refractivity contribution in [3.05, 3.63) is 65.5 Å². The van der Waals surface area contributed by atoms with Crippen LogP contribution in [0.15, 0.2) is 48.5 Å². The fourth-order valence-electron chi connectivity index (χ4n) is 5.83. The molecule has 3 fully saturated rings. The van der Waals surface area contributed by atoms with E-state index in [1.54, 1.807) is 12.0 Å². The van der Waals surface area contributed by atoms with Crippen LogP contribution >= 0.6 is 0 Å². The van der Waals surface area contributed by atoms with Crippen molar-refractivity contribution in [1.29, 1.82) is 0 Å². The van der Waals surface area contributed by atoms with Crippen LogP contribution in [0.2, 0.25) is 0 Å². The van der Waals surface area contributed by atoms with Gasteiger partial charge in [-0.15, -0.1) is 0 Å². The summed E-state index contributed by atoms with van der Waals surface area (Å²) in [5, 5.41) is 6.54. The van der Waals surface area contributed by atoms with Gasteiger partial charge in [-0.3, -0.25) is 24.6 Å². The number of hydrogen-bond acceptors (Lipinski definition) is 7. The molecule has 0 aliphatic carbocycles. The van der Waals surface area contributed by atoms with E-state index in [1.807, 2.05) is 24.3 Å². The fourth-order valence-corrected chi connectivity index (χ4v) is 5.83. The summed E-state index contributed by atoms with van der Waals surface area (Å²) in [6.07, 6.45) is 1.68. The molecular formula is C30H37FN4O5. The number of methoxy groups -OCH3 is 1. The minimum absolute atomic E-state index is 0.0242. The minimum atomic E-state index is -0.362. The molecule has 3 heterocycles. The third kappa shape index (κ3) is 6.86. The predicted molar refractivity (Wildman–Crippen MR) is 146 cm³/mol. The molecule has 3 atom stereocenters. The van der Waals surface area contributed by atoms with Crippen LogP contribution in [-0.4, -0.2) is 86.1 Å². The van der Waals surface area contributed by atoms with Gasteiger partial charge in [-0.2, -0.15) is 0 Å². The first-order valence-electron chi connectivity index (χ1n) is 14.0. The van der Waals surface area contributed by atoms with Gasteiger partial charge < -0.3 is 19.7 Å². The van der Waals surface area contributed by atoms with Gasteiger partial charge in [0.25, 0.3) is 0 Å². The molecule has 0 aromatic heterocycles. The van der Waals surface area contributed by atoms with Crippen molar-refractivity contribution in [1.82, 2.24) is 20.4 Å². The number of ether oxygens (including phenoxy) is 2. The van der Waals surface area contributed by atoms with Crippen molar-refractivity contribution in [2.75, 3.05) is 46.5 Å². The normalized spacial score (nSPS) is 23.6. The molecule has 40 heavy (non-hydrogen) atoms. The lowest BCUT2D eigenvalue weighted by Crippen LogP contribution is -2.66. The second-order valence-corrected chi connectivity index (χ2v) is 10.9. The fraction of sp³-hybridized carbons (Fsp3) is 0.500. The number of ketones is 1. The Morgan fingerprint density at radius 1 is 1.12 bits per heavy atom. The van der Waals surface area contributed by atoms with Gasteiger partial charge in [0.15, 0.2) is 5.78 Å². The molecule has 5 rings (SSSR count). The summed E-state index contributed by atoms with van der Waals surface area (Å²) in [6, 6.07) is 13.3. The number of rotatable bonds is 9. The summed E-state index contributed by atoms with van der Waals surface area (Å²) in [5.41, 5.74) is 1.46. The van der Waals surface area contributed by atoms with Gasteiger partial charge in [-0.1, -0.05) is 12.1 Å². The monoisotopic (exact) mass is 552 g/mol. The van der Waals surface area contributed by atoms with Gasteiger partial charge in [0.05, 0.1) is 38.9 Å². The highest BCUT2D eigenvalue weighted by atomic mass is 19.1. The van der Waals surface area contributed by atoms with Crippen molar-refractivity contribution in [3.8, 4) is 5.75 Å². The molecule has 3 aliphatic heterocycles. The largest absolute Gasteiger partial charge is 0.497 e. The highest BCUT2D eigenvalue weighted by molar-refractivity contribution is 5.97. The molecule has 0 spiro atoms. The third-order valence-electron chi connectivity index (χ3n) is 8.13. The number of halogens is 1. The Bertz CT molecular complexity index is 1200. The average molecular weight is 553 g/mol. The molecule has 2 aromatic rings. The van der Waals surface area contributed by atoms with Gasteiger partial charge in [0.2, 0.25) is 11.8 Å². The topological polar surface area (TPSA) is 100 Å². The van der Waals surface area contributed by atoms with Gasteiger partial charge in [-0.05, 0) is 74.3 Å². The third-order valence-corrected chi connectivity index (χ3v) is 8.13. The van der Waals surface area contributed by atoms with Crippen LogP contribution in [0.25, 0.3) is 0 Å². The lowest BCUT2D eigenvalue weighted by Gasteiger charge is -2.41. The number of carbonyl (C=O) groups is 3. The maximum absolute atomic E-state index is 13.7. The smallest absolute Gasteiger partial charge is 0.237 e. The molecule has 3 saturated heterocycles. The number of nitrogens with one attached hydrogen (secondary N) is 2. The number of nitrogens with zero attached hydrogens (tertiary/aromatic N) is 2. The summed E-state index contributed by atoms with van der Waals surface area (Å²) < 4.78 is 24.1. The van der Waals surface area contributed by atoms with E-state index in [0.717, 1.165) is 12.0 Å². The molecule has 10 heteroatoms. The van der Waals surface area contributed by atoms with E-state index in [0.29, 0.717) is 63.5 Å². The first kappa shape index (κ1) is 28.2. The van der Waals surface area contributed by atoms with E-state index < -0.39 is 0 Å². The summed E-state index contributed by atoms with van der Waals surface area (Å²) >= 11 is 0. The maximum atomic E-state index is 13.7. The summed E-state index contributed by atoms with van der Waals surface area (Å²) in [6.45, 7) is 3.19. The molecule has 2 N–H and O–H groups in total. The number of carbonyl (C=O) groups excluding carboxylic acids is 3. The van der Waals surface area contributed by atoms with Crippen LogP contribution in [0.3, 0.4) is 0 Å². The Morgan fingerprint density at radius 3 is 2.65 bits per heavy atom. The highest BCUT2D eigenvalue weighted by Gasteiger charge is 2.39. The van der Waals surface area contributed by atoms with Crippen LogP contribution in [0.5, 0.6) is 5.75 Å². The van der Waals surface area contributed by atoms with Crippen molar-refractivity contribution < 1.29 is 28.2 Å². The van der Waals surface area contributed by atoms with E-state index >= 15 is 0 Å². The standard InChI is InChI=1S/C30H37FN4O5/c1-39-24-4-2-3-20(15-24)16-35(17-27-32-26-11-14-40-19-25(26)30(38)33-27)28(36)18-34-12-9-22(10-13-34)29(37)21-5-7-23(31)8-6-21/h2-8,15,22,25-27,32H,9-14,16-19H2,1H3,(H,33,38). The second-order valence-electron chi connectivity index (χ2n) is 10.9. The number of amides is 2. The van der Waals surface area contributed by atoms with Crippen molar-refractivity contribution >= 4 is 17.6 Å². The lowest BCUT2D eigenvalue weighted by atomic mass is 9.89. The van der Waals surface area contributed by atoms with Crippen LogP contribution in [-0.2, 0) is 20.9 Å². The Labute approximate surface area is 234 Å². The van der Waals surface area contributed by atoms with E-state index in [4.69, 9.17) is 9.47 Å². The van der Waals surface area contributed by atoms with Crippen molar-refractivity contribution in [2.45, 2.75) is 38.0 Å². The molecule has 3 aliphatic rings. The zero-order valence-corrected chi connectivity index (χ0v) is 22.8. The van der Waals surface area contributed by atoms with Crippen molar-refractivity contribution in [2.24, 2.45) is 11.8 Å². The Balaban J connectivity index is 1.22. The molecule has 0 bridgehead atoms. The summed E-state index contributed by atoms with van der Waals surface area (Å²) in [7, 11) is 1.61. The molecule has 214 valence electrons. The van der Waals surface area contributed by atoms with Crippen LogP contribution in [0.1, 0.15) is 35.2 Å². The van der Waals surface area contributed by atoms with Gasteiger partial charge in [0, 0.05) is 30.7 Å². The minimum Gasteiger partial charge on any atom is -0.497 e. The van der Waals surface area contributed by atoms with Crippen molar-refractivity contribution in [3.63, 3.8) is 0 Å². The number of hydrogen-bond donors (Lipinski definition) is 2. The first-order chi connectivity index (χ1) is 19.4. The molecule has 2 amide bonds. The van der Waals surface area contributed by atoms with Crippen LogP contribution in [0.4, 0.5) is 4.39 Å². The van der Waals surface area contributed by atoms with E-state index in [9.17, 15) is 18.8 Å². The Morgan fingerprint density at radius 2 is 1.90 bits per heavy atom. The maximum Gasteiger partial charge on any atom is 0.237 e. The number of fused-ring (bicyclic) bond motifs is 1. The predicted octanol–water partition coefficient (Wildman–Crippen LogP) is 2.21. The number of likely N-dealkylation sites (tertiary alicyclic amines) is 1. The summed E-state index contributed by atoms with van der Waals surface area (Å²) in [5.74, 6) is -0.0707. The van der Waals surface area contributed by atoms with Gasteiger partial charge >= 0.3 is 0 Å². The number of benzene rings is 2. The lowest BCUT2D eigenvalue weighted by molar-refractivity contribution is -0.139. The van der Waals surface area contributed by atoms with Gasteiger partial charge in [-0.25, -0.2) is 4.39 Å². The Kier molecular flexibility index (Phi) is 9.08. The SMILES string of the molecule is COc1cccc(CN(CC2NC(=O)C3COCCC3N2)C(=O)CN2CCC(C(=O)c3ccc(F)cc3)CC2)c1. The zero-order valence-electron chi connectivity index (χ0n) is 22.8. The van der Waals surface area contributed by atoms with E-state index in [1.165, 1.54) is 24.3 Å². The molecule has 9 nitrogen and oxygen atoms in total. The van der Waals surface area contributed by atoms with E-state index in [2.05, 4.69) is 15.5 Å². The zero-order chi connectivity index (χ0) is 28.1. The Hall–Kier alpha value is -3.34. The van der Waals surface area contributed by atoms with Crippen LogP contribution in [0, 0.1) is 17.7 Å². The highest BCUT2D eigenvalue weighted by Crippen LogP contribution is 2.23. The molecular weight excluding hydrogens is 515 g/mol. The number of Topliss-reactive ketones (excluding diaryl/α,β-unsaturated/α-hetero) is 1. The van der Waals surface area contributed by atoms with E-state index in [-0.39, 0.29) is 54.0 Å². The van der Waals surface area contributed by atoms with Crippen LogP contribution < -0.4 is 15.4 Å². The average Bonchev–Trinajstić information content (AvgIpc) is 2.97. The quantitative estimate of drug-likeness (QED) is 0.460. The molecule has 0 radical (unpaired) electrons.